The summed E-state index contributed by atoms with van der Waals surface area (Å²) in [6.45, 7) is 14.3. The minimum absolute atomic E-state index is 0.376. The van der Waals surface area contributed by atoms with Crippen LogP contribution in [-0.2, 0) is 4.74 Å². The fourth-order valence-corrected chi connectivity index (χ4v) is 3.54. The van der Waals surface area contributed by atoms with Crippen LogP contribution in [-0.4, -0.2) is 67.8 Å². The van der Waals surface area contributed by atoms with Crippen LogP contribution in [0.1, 0.15) is 33.6 Å². The lowest BCUT2D eigenvalue weighted by molar-refractivity contribution is -0.0564. The van der Waals surface area contributed by atoms with Crippen LogP contribution in [0, 0.1) is 11.8 Å². The molecule has 2 aliphatic heterocycles. The lowest BCUT2D eigenvalue weighted by Crippen LogP contribution is -2.52. The first-order valence-corrected chi connectivity index (χ1v) is 8.36. The van der Waals surface area contributed by atoms with Gasteiger partial charge in [0.1, 0.15) is 0 Å². The average Bonchev–Trinajstić information content (AvgIpc) is 2.41. The molecule has 4 heteroatoms. The zero-order valence-electron chi connectivity index (χ0n) is 13.6. The van der Waals surface area contributed by atoms with Crippen molar-refractivity contribution in [2.24, 2.45) is 17.6 Å². The molecular formula is C16H33N3O. The van der Waals surface area contributed by atoms with Crippen LogP contribution in [0.3, 0.4) is 0 Å². The lowest BCUT2D eigenvalue weighted by Gasteiger charge is -2.42. The normalized spacial score (nSPS) is 33.8. The minimum atomic E-state index is 0.376. The van der Waals surface area contributed by atoms with Crippen LogP contribution >= 0.6 is 0 Å². The van der Waals surface area contributed by atoms with Crippen LogP contribution < -0.4 is 5.73 Å². The molecule has 0 aromatic heterocycles. The van der Waals surface area contributed by atoms with E-state index in [1.807, 2.05) is 0 Å². The van der Waals surface area contributed by atoms with E-state index in [1.165, 1.54) is 19.4 Å². The van der Waals surface area contributed by atoms with E-state index in [0.29, 0.717) is 18.1 Å². The van der Waals surface area contributed by atoms with Gasteiger partial charge in [-0.25, -0.2) is 0 Å². The van der Waals surface area contributed by atoms with E-state index in [1.54, 1.807) is 0 Å². The van der Waals surface area contributed by atoms with Crippen molar-refractivity contribution < 1.29 is 4.74 Å². The molecule has 3 unspecified atom stereocenters. The largest absolute Gasteiger partial charge is 0.374 e. The van der Waals surface area contributed by atoms with Gasteiger partial charge in [0, 0.05) is 38.8 Å². The van der Waals surface area contributed by atoms with Gasteiger partial charge in [0.25, 0.3) is 0 Å². The first kappa shape index (κ1) is 16.2. The topological polar surface area (TPSA) is 41.7 Å². The molecule has 0 amide bonds. The molecule has 0 radical (unpaired) electrons. The Kier molecular flexibility index (Phi) is 6.27. The third kappa shape index (κ3) is 4.69. The summed E-state index contributed by atoms with van der Waals surface area (Å²) < 4.78 is 6.00. The SMILES string of the molecule is CC(C)CN1CCOC(CN2CC(CN)CCC2C)C1. The molecule has 20 heavy (non-hydrogen) atoms. The molecule has 0 aromatic rings. The molecular weight excluding hydrogens is 250 g/mol. The van der Waals surface area contributed by atoms with Gasteiger partial charge < -0.3 is 10.5 Å². The number of nitrogens with two attached hydrogens (primary N) is 1. The van der Waals surface area contributed by atoms with Gasteiger partial charge in [-0.2, -0.15) is 0 Å². The maximum Gasteiger partial charge on any atom is 0.0829 e. The van der Waals surface area contributed by atoms with Gasteiger partial charge in [0.05, 0.1) is 12.7 Å². The number of hydrogen-bond donors (Lipinski definition) is 1. The van der Waals surface area contributed by atoms with Crippen molar-refractivity contribution in [3.05, 3.63) is 0 Å². The van der Waals surface area contributed by atoms with Crippen molar-refractivity contribution in [1.29, 1.82) is 0 Å². The summed E-state index contributed by atoms with van der Waals surface area (Å²) in [6.07, 6.45) is 2.95. The molecule has 0 bridgehead atoms. The fraction of sp³-hybridized carbons (Fsp3) is 1.00. The molecule has 0 aliphatic carbocycles. The number of likely N-dealkylation sites (tertiary alicyclic amines) is 1. The van der Waals surface area contributed by atoms with Crippen LogP contribution in [0.4, 0.5) is 0 Å². The summed E-state index contributed by atoms with van der Waals surface area (Å²) >= 11 is 0. The molecule has 2 fully saturated rings. The molecule has 2 saturated heterocycles. The lowest BCUT2D eigenvalue weighted by atomic mass is 9.93. The molecule has 0 aromatic carbocycles. The number of rotatable bonds is 5. The Morgan fingerprint density at radius 1 is 1.25 bits per heavy atom. The second kappa shape index (κ2) is 7.74. The highest BCUT2D eigenvalue weighted by atomic mass is 16.5. The van der Waals surface area contributed by atoms with Crippen molar-refractivity contribution in [2.45, 2.75) is 45.8 Å². The molecule has 2 rings (SSSR count). The molecule has 2 N–H and O–H groups in total. The monoisotopic (exact) mass is 283 g/mol. The number of ether oxygens (including phenoxy) is 1. The molecule has 0 spiro atoms. The maximum atomic E-state index is 6.00. The quantitative estimate of drug-likeness (QED) is 0.828. The summed E-state index contributed by atoms with van der Waals surface area (Å²) in [5, 5.41) is 0. The molecule has 0 saturated carbocycles. The van der Waals surface area contributed by atoms with Crippen LogP contribution in [0.5, 0.6) is 0 Å². The highest BCUT2D eigenvalue weighted by Gasteiger charge is 2.29. The predicted octanol–water partition coefficient (Wildman–Crippen LogP) is 1.40. The van der Waals surface area contributed by atoms with E-state index >= 15 is 0 Å². The minimum Gasteiger partial charge on any atom is -0.374 e. The van der Waals surface area contributed by atoms with Gasteiger partial charge >= 0.3 is 0 Å². The van der Waals surface area contributed by atoms with E-state index in [4.69, 9.17) is 10.5 Å². The van der Waals surface area contributed by atoms with Crippen LogP contribution in [0.25, 0.3) is 0 Å². The number of nitrogens with zero attached hydrogens (tertiary/aromatic N) is 2. The van der Waals surface area contributed by atoms with Crippen molar-refractivity contribution >= 4 is 0 Å². The smallest absolute Gasteiger partial charge is 0.0829 e. The van der Waals surface area contributed by atoms with E-state index < -0.39 is 0 Å². The molecule has 118 valence electrons. The Morgan fingerprint density at radius 2 is 2.05 bits per heavy atom. The number of hydrogen-bond acceptors (Lipinski definition) is 4. The second-order valence-corrected chi connectivity index (χ2v) is 7.13. The van der Waals surface area contributed by atoms with Crippen LogP contribution in [0.15, 0.2) is 0 Å². The highest BCUT2D eigenvalue weighted by molar-refractivity contribution is 4.83. The Bertz CT molecular complexity index is 285. The first-order chi connectivity index (χ1) is 9.58. The van der Waals surface area contributed by atoms with E-state index in [2.05, 4.69) is 30.6 Å². The number of morpholine rings is 1. The van der Waals surface area contributed by atoms with Crippen LogP contribution in [0.2, 0.25) is 0 Å². The van der Waals surface area contributed by atoms with Gasteiger partial charge in [-0.15, -0.1) is 0 Å². The second-order valence-electron chi connectivity index (χ2n) is 7.13. The fourth-order valence-electron chi connectivity index (χ4n) is 3.54. The Balaban J connectivity index is 1.82. The summed E-state index contributed by atoms with van der Waals surface area (Å²) in [7, 11) is 0. The van der Waals surface area contributed by atoms with Gasteiger partial charge in [-0.1, -0.05) is 13.8 Å². The van der Waals surface area contributed by atoms with Crippen molar-refractivity contribution in [3.8, 4) is 0 Å². The maximum absolute atomic E-state index is 6.00. The van der Waals surface area contributed by atoms with Crippen molar-refractivity contribution in [2.75, 3.05) is 45.9 Å². The summed E-state index contributed by atoms with van der Waals surface area (Å²) in [6, 6.07) is 0.682. The molecule has 3 atom stereocenters. The first-order valence-electron chi connectivity index (χ1n) is 8.36. The van der Waals surface area contributed by atoms with Gasteiger partial charge in [-0.05, 0) is 38.1 Å². The summed E-state index contributed by atoms with van der Waals surface area (Å²) in [5.41, 5.74) is 5.85. The zero-order valence-corrected chi connectivity index (χ0v) is 13.6. The number of piperidine rings is 1. The van der Waals surface area contributed by atoms with Crippen molar-refractivity contribution in [1.82, 2.24) is 9.80 Å². The third-order valence-electron chi connectivity index (χ3n) is 4.73. The van der Waals surface area contributed by atoms with Gasteiger partial charge in [0.2, 0.25) is 0 Å². The van der Waals surface area contributed by atoms with E-state index in [9.17, 15) is 0 Å². The standard InChI is InChI=1S/C16H33N3O/c1-13(2)9-18-6-7-20-16(11-18)12-19-10-15(8-17)5-4-14(19)3/h13-16H,4-12,17H2,1-3H3. The Labute approximate surface area is 124 Å². The van der Waals surface area contributed by atoms with E-state index in [-0.39, 0.29) is 0 Å². The summed E-state index contributed by atoms with van der Waals surface area (Å²) in [5.74, 6) is 1.42. The van der Waals surface area contributed by atoms with Gasteiger partial charge in [-0.3, -0.25) is 9.80 Å². The third-order valence-corrected chi connectivity index (χ3v) is 4.73. The predicted molar refractivity (Wildman–Crippen MR) is 83.8 cm³/mol. The van der Waals surface area contributed by atoms with E-state index in [0.717, 1.165) is 45.2 Å². The summed E-state index contributed by atoms with van der Waals surface area (Å²) in [4.78, 5) is 5.17. The molecule has 4 nitrogen and oxygen atoms in total. The average molecular weight is 283 g/mol. The zero-order chi connectivity index (χ0) is 14.5. The molecule has 2 aliphatic rings. The molecule has 2 heterocycles. The highest BCUT2D eigenvalue weighted by Crippen LogP contribution is 2.22. The Morgan fingerprint density at radius 3 is 2.75 bits per heavy atom. The Hall–Kier alpha value is -0.160. The van der Waals surface area contributed by atoms with Gasteiger partial charge in [0.15, 0.2) is 0 Å². The van der Waals surface area contributed by atoms with Crippen molar-refractivity contribution in [3.63, 3.8) is 0 Å².